The molecular weight excluding hydrogens is 298 g/mol. The summed E-state index contributed by atoms with van der Waals surface area (Å²) in [7, 11) is 1.92. The zero-order valence-electron chi connectivity index (χ0n) is 15.2. The largest absolute Gasteiger partial charge is 0.340 e. The Morgan fingerprint density at radius 1 is 1.12 bits per heavy atom. The van der Waals surface area contributed by atoms with Crippen molar-refractivity contribution in [3.63, 3.8) is 0 Å². The molecule has 1 saturated carbocycles. The Morgan fingerprint density at radius 2 is 1.75 bits per heavy atom. The summed E-state index contributed by atoms with van der Waals surface area (Å²) in [5.41, 5.74) is 1.19. The van der Waals surface area contributed by atoms with Gasteiger partial charge >= 0.3 is 0 Å². The van der Waals surface area contributed by atoms with Crippen LogP contribution in [0.1, 0.15) is 38.2 Å². The zero-order chi connectivity index (χ0) is 16.9. The molecule has 2 aliphatic rings. The molecule has 0 aromatic heterocycles. The first-order chi connectivity index (χ1) is 11.6. The van der Waals surface area contributed by atoms with Crippen molar-refractivity contribution in [3.8, 4) is 0 Å². The molecular formula is C20H31N3O. The number of likely N-dealkylation sites (N-methyl/N-ethyl adjacent to an activating group) is 1. The first kappa shape index (κ1) is 17.4. The second kappa shape index (κ2) is 8.13. The lowest BCUT2D eigenvalue weighted by atomic mass is 10.1. The topological polar surface area (TPSA) is 26.8 Å². The molecule has 3 rings (SSSR count). The smallest absolute Gasteiger partial charge is 0.239 e. The maximum Gasteiger partial charge on any atom is 0.239 e. The van der Waals surface area contributed by atoms with Gasteiger partial charge in [-0.05, 0) is 25.3 Å². The van der Waals surface area contributed by atoms with Gasteiger partial charge in [0.25, 0.3) is 0 Å². The van der Waals surface area contributed by atoms with Crippen molar-refractivity contribution in [1.29, 1.82) is 0 Å². The van der Waals surface area contributed by atoms with Gasteiger partial charge in [-0.15, -0.1) is 0 Å². The Hall–Kier alpha value is -1.39. The van der Waals surface area contributed by atoms with Crippen molar-refractivity contribution in [1.82, 2.24) is 14.7 Å². The SMILES string of the molecule is CC(C(=O)N(C)Cc1ccccc1)N1CCN(C2CCCC2)CC1. The van der Waals surface area contributed by atoms with Gasteiger partial charge in [0.05, 0.1) is 6.04 Å². The molecule has 24 heavy (non-hydrogen) atoms. The molecule has 132 valence electrons. The molecule has 1 unspecified atom stereocenters. The number of piperazine rings is 1. The molecule has 1 aliphatic carbocycles. The molecule has 1 aromatic carbocycles. The Bertz CT molecular complexity index is 519. The Kier molecular flexibility index (Phi) is 5.90. The van der Waals surface area contributed by atoms with Crippen molar-refractivity contribution in [3.05, 3.63) is 35.9 Å². The van der Waals surface area contributed by atoms with E-state index in [9.17, 15) is 4.79 Å². The minimum atomic E-state index is -0.0237. The van der Waals surface area contributed by atoms with Gasteiger partial charge in [-0.1, -0.05) is 43.2 Å². The van der Waals surface area contributed by atoms with E-state index in [0.29, 0.717) is 6.54 Å². The van der Waals surface area contributed by atoms with Gasteiger partial charge < -0.3 is 4.90 Å². The summed E-state index contributed by atoms with van der Waals surface area (Å²) in [6.45, 7) is 7.02. The van der Waals surface area contributed by atoms with Crippen LogP contribution in [-0.2, 0) is 11.3 Å². The van der Waals surface area contributed by atoms with Crippen molar-refractivity contribution >= 4 is 5.91 Å². The maximum absolute atomic E-state index is 12.8. The number of benzene rings is 1. The molecule has 0 radical (unpaired) electrons. The zero-order valence-corrected chi connectivity index (χ0v) is 15.2. The average Bonchev–Trinajstić information content (AvgIpc) is 3.16. The number of hydrogen-bond donors (Lipinski definition) is 0. The van der Waals surface area contributed by atoms with E-state index in [-0.39, 0.29) is 11.9 Å². The molecule has 1 aromatic rings. The molecule has 4 nitrogen and oxygen atoms in total. The highest BCUT2D eigenvalue weighted by atomic mass is 16.2. The van der Waals surface area contributed by atoms with Gasteiger partial charge in [0.15, 0.2) is 0 Å². The minimum Gasteiger partial charge on any atom is -0.340 e. The molecule has 1 atom stereocenters. The van der Waals surface area contributed by atoms with Crippen molar-refractivity contribution in [2.24, 2.45) is 0 Å². The van der Waals surface area contributed by atoms with E-state index < -0.39 is 0 Å². The maximum atomic E-state index is 12.8. The first-order valence-corrected chi connectivity index (χ1v) is 9.42. The molecule has 1 saturated heterocycles. The molecule has 0 spiro atoms. The van der Waals surface area contributed by atoms with Crippen LogP contribution in [0.3, 0.4) is 0 Å². The lowest BCUT2D eigenvalue weighted by Crippen LogP contribution is -2.55. The van der Waals surface area contributed by atoms with Crippen LogP contribution in [0.5, 0.6) is 0 Å². The van der Waals surface area contributed by atoms with E-state index in [1.807, 2.05) is 30.1 Å². The van der Waals surface area contributed by atoms with E-state index in [0.717, 1.165) is 32.2 Å². The van der Waals surface area contributed by atoms with E-state index in [4.69, 9.17) is 0 Å². The molecule has 4 heteroatoms. The highest BCUT2D eigenvalue weighted by molar-refractivity contribution is 5.81. The quantitative estimate of drug-likeness (QED) is 0.831. The predicted molar refractivity (Wildman–Crippen MR) is 97.8 cm³/mol. The minimum absolute atomic E-state index is 0.0237. The van der Waals surface area contributed by atoms with E-state index in [1.165, 1.54) is 31.2 Å². The summed E-state index contributed by atoms with van der Waals surface area (Å²) in [4.78, 5) is 19.6. The third-order valence-electron chi connectivity index (χ3n) is 5.73. The van der Waals surface area contributed by atoms with Gasteiger partial charge in [-0.2, -0.15) is 0 Å². The van der Waals surface area contributed by atoms with Crippen molar-refractivity contribution < 1.29 is 4.79 Å². The number of carbonyl (C=O) groups is 1. The second-order valence-corrected chi connectivity index (χ2v) is 7.37. The van der Waals surface area contributed by atoms with Gasteiger partial charge in [0.1, 0.15) is 0 Å². The Balaban J connectivity index is 1.48. The first-order valence-electron chi connectivity index (χ1n) is 9.42. The molecule has 0 N–H and O–H groups in total. The van der Waals surface area contributed by atoms with Crippen LogP contribution < -0.4 is 0 Å². The monoisotopic (exact) mass is 329 g/mol. The number of hydrogen-bond acceptors (Lipinski definition) is 3. The summed E-state index contributed by atoms with van der Waals surface area (Å²) in [6, 6.07) is 11.0. The molecule has 0 bridgehead atoms. The van der Waals surface area contributed by atoms with E-state index in [2.05, 4.69) is 28.9 Å². The fourth-order valence-corrected chi connectivity index (χ4v) is 4.17. The summed E-state index contributed by atoms with van der Waals surface area (Å²) in [6.07, 6.45) is 5.52. The summed E-state index contributed by atoms with van der Waals surface area (Å²) in [5.74, 6) is 0.230. The second-order valence-electron chi connectivity index (χ2n) is 7.37. The standard InChI is InChI=1S/C20H31N3O/c1-17(20(24)21(2)16-18-8-4-3-5-9-18)22-12-14-23(15-13-22)19-10-6-7-11-19/h3-5,8-9,17,19H,6-7,10-16H2,1-2H3. The van der Waals surface area contributed by atoms with Crippen molar-refractivity contribution in [2.45, 2.75) is 51.2 Å². The summed E-state index contributed by atoms with van der Waals surface area (Å²) < 4.78 is 0. The van der Waals surface area contributed by atoms with E-state index in [1.54, 1.807) is 0 Å². The fraction of sp³-hybridized carbons (Fsp3) is 0.650. The average molecular weight is 329 g/mol. The van der Waals surface area contributed by atoms with Crippen LogP contribution in [0.2, 0.25) is 0 Å². The van der Waals surface area contributed by atoms with Crippen LogP contribution in [0, 0.1) is 0 Å². The number of nitrogens with zero attached hydrogens (tertiary/aromatic N) is 3. The summed E-state index contributed by atoms with van der Waals surface area (Å²) >= 11 is 0. The number of carbonyl (C=O) groups excluding carboxylic acids is 1. The molecule has 1 aliphatic heterocycles. The van der Waals surface area contributed by atoms with Gasteiger partial charge in [-0.25, -0.2) is 0 Å². The summed E-state index contributed by atoms with van der Waals surface area (Å²) in [5, 5.41) is 0. The van der Waals surface area contributed by atoms with Gasteiger partial charge in [-0.3, -0.25) is 14.6 Å². The van der Waals surface area contributed by atoms with Gasteiger partial charge in [0, 0.05) is 45.8 Å². The fourth-order valence-electron chi connectivity index (χ4n) is 4.17. The third-order valence-corrected chi connectivity index (χ3v) is 5.73. The normalized spacial score (nSPS) is 21.8. The Labute approximate surface area is 146 Å². The van der Waals surface area contributed by atoms with Crippen LogP contribution in [-0.4, -0.2) is 65.9 Å². The highest BCUT2D eigenvalue weighted by Gasteiger charge is 2.30. The van der Waals surface area contributed by atoms with Crippen molar-refractivity contribution in [2.75, 3.05) is 33.2 Å². The number of amides is 1. The Morgan fingerprint density at radius 3 is 2.38 bits per heavy atom. The lowest BCUT2D eigenvalue weighted by molar-refractivity contribution is -0.136. The predicted octanol–water partition coefficient (Wildman–Crippen LogP) is 2.59. The number of rotatable bonds is 5. The van der Waals surface area contributed by atoms with Gasteiger partial charge in [0.2, 0.25) is 5.91 Å². The van der Waals surface area contributed by atoms with E-state index >= 15 is 0 Å². The van der Waals surface area contributed by atoms with Crippen LogP contribution in [0.25, 0.3) is 0 Å². The van der Waals surface area contributed by atoms with Crippen LogP contribution >= 0.6 is 0 Å². The highest BCUT2D eigenvalue weighted by Crippen LogP contribution is 2.24. The molecule has 1 heterocycles. The van der Waals surface area contributed by atoms with Crippen LogP contribution in [0.4, 0.5) is 0 Å². The lowest BCUT2D eigenvalue weighted by Gasteiger charge is -2.40. The van der Waals surface area contributed by atoms with Crippen LogP contribution in [0.15, 0.2) is 30.3 Å². The molecule has 1 amide bonds. The molecule has 2 fully saturated rings. The third kappa shape index (κ3) is 4.17.